The van der Waals surface area contributed by atoms with E-state index in [2.05, 4.69) is 11.7 Å². The molecular weight excluding hydrogens is 216 g/mol. The molecule has 96 valence electrons. The van der Waals surface area contributed by atoms with Crippen molar-refractivity contribution in [2.45, 2.75) is 46.0 Å². The number of esters is 1. The molecule has 0 N–H and O–H groups in total. The summed E-state index contributed by atoms with van der Waals surface area (Å²) in [4.78, 5) is 23.5. The van der Waals surface area contributed by atoms with Crippen LogP contribution in [0, 0.1) is 23.2 Å². The molecule has 0 heterocycles. The minimum Gasteiger partial charge on any atom is -0.463 e. The van der Waals surface area contributed by atoms with Crippen LogP contribution in [0.3, 0.4) is 0 Å². The lowest BCUT2D eigenvalue weighted by Crippen LogP contribution is -2.43. The normalized spacial score (nSPS) is 40.8. The summed E-state index contributed by atoms with van der Waals surface area (Å²) in [5.74, 6) is 1.04. The maximum Gasteiger partial charge on any atom is 0.374 e. The Bertz CT molecular complexity index is 316. The minimum absolute atomic E-state index is 0.316. The second-order valence-electron chi connectivity index (χ2n) is 6.33. The highest BCUT2D eigenvalue weighted by molar-refractivity contribution is 6.35. The molecule has 17 heavy (non-hydrogen) atoms. The van der Waals surface area contributed by atoms with Crippen LogP contribution in [0.15, 0.2) is 0 Å². The van der Waals surface area contributed by atoms with Crippen LogP contribution in [0.2, 0.25) is 0 Å². The Morgan fingerprint density at radius 3 is 2.12 bits per heavy atom. The predicted octanol–water partition coefficient (Wildman–Crippen LogP) is 2.58. The monoisotopic (exact) mass is 238 g/mol. The number of hydrogen-bond donors (Lipinski definition) is 0. The van der Waals surface area contributed by atoms with Gasteiger partial charge in [-0.3, -0.25) is 4.79 Å². The number of carbonyl (C=O) groups excluding carboxylic acids is 2. The molecule has 2 atom stereocenters. The topological polar surface area (TPSA) is 43.4 Å². The third-order valence-corrected chi connectivity index (χ3v) is 4.54. The standard InChI is InChI=1S/C14H22O3/c1-9-4-10-6-11(5-9)8-14(2,7-10)12(15)13(16)17-3/h9-11H,4-8H2,1-3H3. The molecule has 2 aliphatic rings. The van der Waals surface area contributed by atoms with Crippen LogP contribution in [0.25, 0.3) is 0 Å². The lowest BCUT2D eigenvalue weighted by atomic mass is 9.58. The summed E-state index contributed by atoms with van der Waals surface area (Å²) in [6.45, 7) is 4.24. The highest BCUT2D eigenvalue weighted by atomic mass is 16.5. The third-order valence-electron chi connectivity index (χ3n) is 4.54. The van der Waals surface area contributed by atoms with E-state index in [1.807, 2.05) is 6.92 Å². The van der Waals surface area contributed by atoms with Crippen molar-refractivity contribution in [2.75, 3.05) is 7.11 Å². The van der Waals surface area contributed by atoms with Gasteiger partial charge in [-0.15, -0.1) is 0 Å². The fourth-order valence-electron chi connectivity index (χ4n) is 4.11. The van der Waals surface area contributed by atoms with Crippen molar-refractivity contribution in [1.29, 1.82) is 0 Å². The summed E-state index contributed by atoms with van der Waals surface area (Å²) >= 11 is 0. The second-order valence-corrected chi connectivity index (χ2v) is 6.33. The van der Waals surface area contributed by atoms with Gasteiger partial charge in [-0.2, -0.15) is 0 Å². The number of rotatable bonds is 2. The quantitative estimate of drug-likeness (QED) is 0.548. The first-order valence-electron chi connectivity index (χ1n) is 6.57. The van der Waals surface area contributed by atoms with E-state index in [9.17, 15) is 9.59 Å². The van der Waals surface area contributed by atoms with Gasteiger partial charge >= 0.3 is 5.97 Å². The van der Waals surface area contributed by atoms with E-state index in [1.165, 1.54) is 26.4 Å². The molecule has 0 spiro atoms. The number of carbonyl (C=O) groups is 2. The largest absolute Gasteiger partial charge is 0.463 e. The van der Waals surface area contributed by atoms with Crippen LogP contribution in [0.1, 0.15) is 46.0 Å². The molecule has 2 rings (SSSR count). The fourth-order valence-corrected chi connectivity index (χ4v) is 4.11. The Hall–Kier alpha value is -0.860. The first-order chi connectivity index (χ1) is 7.94. The zero-order chi connectivity index (χ0) is 12.6. The number of hydrogen-bond acceptors (Lipinski definition) is 3. The second kappa shape index (κ2) is 4.43. The molecule has 0 aromatic heterocycles. The Balaban J connectivity index is 2.12. The maximum absolute atomic E-state index is 12.1. The minimum atomic E-state index is -0.666. The van der Waals surface area contributed by atoms with Crippen molar-refractivity contribution in [3.8, 4) is 0 Å². The molecule has 0 radical (unpaired) electrons. The number of methoxy groups -OCH3 is 1. The molecule has 0 aliphatic heterocycles. The molecule has 0 aromatic carbocycles. The number of ether oxygens (including phenoxy) is 1. The molecule has 2 saturated carbocycles. The molecule has 2 bridgehead atoms. The van der Waals surface area contributed by atoms with Crippen molar-refractivity contribution < 1.29 is 14.3 Å². The van der Waals surface area contributed by atoms with Crippen molar-refractivity contribution in [3.05, 3.63) is 0 Å². The first-order valence-corrected chi connectivity index (χ1v) is 6.57. The molecule has 0 amide bonds. The Morgan fingerprint density at radius 2 is 1.65 bits per heavy atom. The lowest BCUT2D eigenvalue weighted by Gasteiger charge is -2.45. The zero-order valence-corrected chi connectivity index (χ0v) is 11.0. The van der Waals surface area contributed by atoms with Crippen LogP contribution >= 0.6 is 0 Å². The molecule has 2 fully saturated rings. The Labute approximate surface area is 103 Å². The zero-order valence-electron chi connectivity index (χ0n) is 11.0. The fraction of sp³-hybridized carbons (Fsp3) is 0.857. The summed E-state index contributed by atoms with van der Waals surface area (Å²) in [6, 6.07) is 0. The van der Waals surface area contributed by atoms with Crippen LogP contribution in [0.4, 0.5) is 0 Å². The summed E-state index contributed by atoms with van der Waals surface area (Å²) in [7, 11) is 1.29. The van der Waals surface area contributed by atoms with E-state index in [-0.39, 0.29) is 5.78 Å². The molecular formula is C14H22O3. The SMILES string of the molecule is COC(=O)C(=O)C1(C)CC2CC(C)CC(C2)C1. The van der Waals surface area contributed by atoms with E-state index in [1.54, 1.807) is 0 Å². The summed E-state index contributed by atoms with van der Waals surface area (Å²) < 4.78 is 4.59. The van der Waals surface area contributed by atoms with Gasteiger partial charge in [0.25, 0.3) is 0 Å². The van der Waals surface area contributed by atoms with Gasteiger partial charge in [0.15, 0.2) is 0 Å². The van der Waals surface area contributed by atoms with Crippen LogP contribution in [0.5, 0.6) is 0 Å². The van der Waals surface area contributed by atoms with E-state index in [0.717, 1.165) is 18.8 Å². The predicted molar refractivity (Wildman–Crippen MR) is 64.4 cm³/mol. The van der Waals surface area contributed by atoms with Crippen molar-refractivity contribution in [2.24, 2.45) is 23.2 Å². The maximum atomic E-state index is 12.1. The van der Waals surface area contributed by atoms with Gasteiger partial charge < -0.3 is 4.74 Å². The van der Waals surface area contributed by atoms with Gasteiger partial charge in [0.1, 0.15) is 0 Å². The number of fused-ring (bicyclic) bond motifs is 2. The van der Waals surface area contributed by atoms with Crippen LogP contribution < -0.4 is 0 Å². The average molecular weight is 238 g/mol. The van der Waals surface area contributed by atoms with Crippen molar-refractivity contribution in [3.63, 3.8) is 0 Å². The highest BCUT2D eigenvalue weighted by Crippen LogP contribution is 2.50. The highest BCUT2D eigenvalue weighted by Gasteiger charge is 2.47. The van der Waals surface area contributed by atoms with Gasteiger partial charge in [0.05, 0.1) is 7.11 Å². The van der Waals surface area contributed by atoms with E-state index in [0.29, 0.717) is 11.8 Å². The van der Waals surface area contributed by atoms with Gasteiger partial charge in [0, 0.05) is 5.41 Å². The summed E-state index contributed by atoms with van der Waals surface area (Å²) in [5.41, 5.74) is -0.471. The third kappa shape index (κ3) is 2.38. The summed E-state index contributed by atoms with van der Waals surface area (Å²) in [5, 5.41) is 0. The smallest absolute Gasteiger partial charge is 0.374 e. The molecule has 2 unspecified atom stereocenters. The van der Waals surface area contributed by atoms with Gasteiger partial charge in [0.2, 0.25) is 5.78 Å². The van der Waals surface area contributed by atoms with Crippen LogP contribution in [-0.2, 0) is 14.3 Å². The lowest BCUT2D eigenvalue weighted by molar-refractivity contribution is -0.158. The van der Waals surface area contributed by atoms with E-state index in [4.69, 9.17) is 0 Å². The van der Waals surface area contributed by atoms with Crippen LogP contribution in [-0.4, -0.2) is 18.9 Å². The van der Waals surface area contributed by atoms with E-state index < -0.39 is 11.4 Å². The number of ketones is 1. The Kier molecular flexibility index (Phi) is 3.28. The molecule has 0 aromatic rings. The van der Waals surface area contributed by atoms with Crippen molar-refractivity contribution in [1.82, 2.24) is 0 Å². The first kappa shape index (κ1) is 12.6. The van der Waals surface area contributed by atoms with Gasteiger partial charge in [-0.1, -0.05) is 13.8 Å². The molecule has 3 nitrogen and oxygen atoms in total. The van der Waals surface area contributed by atoms with Gasteiger partial charge in [-0.25, -0.2) is 4.79 Å². The molecule has 2 aliphatic carbocycles. The molecule has 3 heteroatoms. The van der Waals surface area contributed by atoms with Crippen molar-refractivity contribution >= 4 is 11.8 Å². The number of Topliss-reactive ketones (excluding diaryl/α,β-unsaturated/α-hetero) is 1. The summed E-state index contributed by atoms with van der Waals surface area (Å²) in [6.07, 6.45) is 5.39. The van der Waals surface area contributed by atoms with Gasteiger partial charge in [-0.05, 0) is 49.9 Å². The molecule has 0 saturated heterocycles. The Morgan fingerprint density at radius 1 is 1.12 bits per heavy atom. The average Bonchev–Trinajstić information content (AvgIpc) is 2.24. The van der Waals surface area contributed by atoms with E-state index >= 15 is 0 Å².